The molecule has 2 aromatic heterocycles. The molecule has 0 fully saturated rings. The number of carbonyl (C=O) groups is 1. The van der Waals surface area contributed by atoms with E-state index in [0.717, 1.165) is 30.5 Å². The number of hydrogen-bond acceptors (Lipinski definition) is 4. The van der Waals surface area contributed by atoms with Gasteiger partial charge < -0.3 is 11.1 Å². The standard InChI is InChI=1S/C20H14F6N4O/c21-19(22,23)12-5-3-11(4-6-12)16(17-14(20(24,25)26)2-1-8-29-17)30-18(31)13-7-9-28-10-15(13)27/h1-10,16H,27H2,(H,30,31). The fourth-order valence-corrected chi connectivity index (χ4v) is 2.88. The topological polar surface area (TPSA) is 80.9 Å². The Labute approximate surface area is 171 Å². The summed E-state index contributed by atoms with van der Waals surface area (Å²) in [5.41, 5.74) is 2.89. The highest BCUT2D eigenvalue weighted by atomic mass is 19.4. The molecule has 0 aliphatic heterocycles. The third kappa shape index (κ3) is 4.93. The lowest BCUT2D eigenvalue weighted by Gasteiger charge is -2.23. The van der Waals surface area contributed by atoms with Crippen LogP contribution in [0.2, 0.25) is 0 Å². The van der Waals surface area contributed by atoms with E-state index in [9.17, 15) is 31.1 Å². The molecule has 2 heterocycles. The van der Waals surface area contributed by atoms with Crippen LogP contribution in [-0.2, 0) is 12.4 Å². The zero-order valence-electron chi connectivity index (χ0n) is 15.5. The molecule has 1 atom stereocenters. The van der Waals surface area contributed by atoms with Crippen LogP contribution in [0.4, 0.5) is 32.0 Å². The molecule has 31 heavy (non-hydrogen) atoms. The Kier molecular flexibility index (Phi) is 5.87. The molecule has 0 aliphatic rings. The summed E-state index contributed by atoms with van der Waals surface area (Å²) in [4.78, 5) is 20.2. The van der Waals surface area contributed by atoms with E-state index in [1.54, 1.807) is 0 Å². The Morgan fingerprint density at radius 1 is 0.935 bits per heavy atom. The number of aromatic nitrogens is 2. The van der Waals surface area contributed by atoms with Crippen molar-refractivity contribution < 1.29 is 31.1 Å². The van der Waals surface area contributed by atoms with E-state index >= 15 is 0 Å². The van der Waals surface area contributed by atoms with E-state index < -0.39 is 41.1 Å². The second-order valence-corrected chi connectivity index (χ2v) is 6.42. The van der Waals surface area contributed by atoms with Gasteiger partial charge in [0, 0.05) is 12.4 Å². The third-order valence-corrected chi connectivity index (χ3v) is 4.36. The fourth-order valence-electron chi connectivity index (χ4n) is 2.88. The molecule has 5 nitrogen and oxygen atoms in total. The number of halogens is 6. The highest BCUT2D eigenvalue weighted by molar-refractivity contribution is 5.99. The number of nitrogens with one attached hydrogen (secondary N) is 1. The lowest BCUT2D eigenvalue weighted by Crippen LogP contribution is -2.32. The van der Waals surface area contributed by atoms with Gasteiger partial charge in [-0.2, -0.15) is 26.3 Å². The van der Waals surface area contributed by atoms with Crippen LogP contribution < -0.4 is 11.1 Å². The van der Waals surface area contributed by atoms with Crippen molar-refractivity contribution in [3.63, 3.8) is 0 Å². The van der Waals surface area contributed by atoms with Gasteiger partial charge >= 0.3 is 12.4 Å². The van der Waals surface area contributed by atoms with Crippen molar-refractivity contribution in [1.82, 2.24) is 15.3 Å². The first-order valence-electron chi connectivity index (χ1n) is 8.68. The largest absolute Gasteiger partial charge is 0.418 e. The van der Waals surface area contributed by atoms with Crippen LogP contribution in [0.1, 0.15) is 38.8 Å². The number of pyridine rings is 2. The zero-order chi connectivity index (χ0) is 22.8. The first-order chi connectivity index (χ1) is 14.5. The van der Waals surface area contributed by atoms with Gasteiger partial charge in [-0.3, -0.25) is 14.8 Å². The lowest BCUT2D eigenvalue weighted by atomic mass is 9.97. The minimum Gasteiger partial charge on any atom is -0.397 e. The number of amides is 1. The summed E-state index contributed by atoms with van der Waals surface area (Å²) in [6, 6.07) is 5.00. The molecule has 3 N–H and O–H groups in total. The normalized spacial score (nSPS) is 13.0. The van der Waals surface area contributed by atoms with Gasteiger partial charge in [-0.25, -0.2) is 0 Å². The molecule has 162 valence electrons. The zero-order valence-corrected chi connectivity index (χ0v) is 15.5. The number of hydrogen-bond donors (Lipinski definition) is 2. The van der Waals surface area contributed by atoms with Crippen LogP contribution in [0.5, 0.6) is 0 Å². The van der Waals surface area contributed by atoms with E-state index in [-0.39, 0.29) is 16.8 Å². The van der Waals surface area contributed by atoms with E-state index in [1.165, 1.54) is 18.5 Å². The Morgan fingerprint density at radius 2 is 1.61 bits per heavy atom. The molecule has 1 unspecified atom stereocenters. The SMILES string of the molecule is Nc1cnccc1C(=O)NC(c1ccc(C(F)(F)F)cc1)c1ncccc1C(F)(F)F. The van der Waals surface area contributed by atoms with E-state index in [4.69, 9.17) is 5.73 Å². The van der Waals surface area contributed by atoms with E-state index in [0.29, 0.717) is 12.1 Å². The Bertz CT molecular complexity index is 1080. The average Bonchev–Trinajstić information content (AvgIpc) is 2.71. The van der Waals surface area contributed by atoms with Gasteiger partial charge in [0.15, 0.2) is 0 Å². The highest BCUT2D eigenvalue weighted by Crippen LogP contribution is 2.36. The molecule has 0 spiro atoms. The van der Waals surface area contributed by atoms with Gasteiger partial charge in [-0.05, 0) is 35.9 Å². The smallest absolute Gasteiger partial charge is 0.397 e. The summed E-state index contributed by atoms with van der Waals surface area (Å²) in [6.07, 6.45) is -5.90. The monoisotopic (exact) mass is 440 g/mol. The van der Waals surface area contributed by atoms with E-state index in [2.05, 4.69) is 15.3 Å². The number of rotatable bonds is 4. The molecule has 1 amide bonds. The number of anilines is 1. The molecule has 11 heteroatoms. The predicted molar refractivity (Wildman–Crippen MR) is 98.6 cm³/mol. The maximum absolute atomic E-state index is 13.5. The van der Waals surface area contributed by atoms with Crippen LogP contribution in [0, 0.1) is 0 Å². The number of alkyl halides is 6. The lowest BCUT2D eigenvalue weighted by molar-refractivity contribution is -0.139. The van der Waals surface area contributed by atoms with Crippen molar-refractivity contribution in [3.05, 3.63) is 89.0 Å². The van der Waals surface area contributed by atoms with Crippen molar-refractivity contribution in [2.45, 2.75) is 18.4 Å². The summed E-state index contributed by atoms with van der Waals surface area (Å²) in [7, 11) is 0. The number of nitrogen functional groups attached to an aromatic ring is 1. The van der Waals surface area contributed by atoms with Gasteiger partial charge in [0.2, 0.25) is 0 Å². The predicted octanol–water partition coefficient (Wildman–Crippen LogP) is 4.62. The molecule has 3 rings (SSSR count). The quantitative estimate of drug-likeness (QED) is 0.581. The van der Waals surface area contributed by atoms with Gasteiger partial charge in [0.05, 0.1) is 40.3 Å². The molecule has 0 saturated carbocycles. The minimum absolute atomic E-state index is 0.0248. The van der Waals surface area contributed by atoms with Crippen molar-refractivity contribution in [3.8, 4) is 0 Å². The van der Waals surface area contributed by atoms with Gasteiger partial charge in [0.25, 0.3) is 5.91 Å². The van der Waals surface area contributed by atoms with Crippen LogP contribution in [0.15, 0.2) is 61.1 Å². The minimum atomic E-state index is -4.81. The Morgan fingerprint density at radius 3 is 2.19 bits per heavy atom. The van der Waals surface area contributed by atoms with Crippen LogP contribution in [0.25, 0.3) is 0 Å². The molecule has 0 aliphatic carbocycles. The molecule has 0 saturated heterocycles. The van der Waals surface area contributed by atoms with Crippen molar-refractivity contribution in [2.75, 3.05) is 5.73 Å². The summed E-state index contributed by atoms with van der Waals surface area (Å²) in [5.74, 6) is -0.844. The summed E-state index contributed by atoms with van der Waals surface area (Å²) >= 11 is 0. The second kappa shape index (κ2) is 8.25. The number of carbonyl (C=O) groups excluding carboxylic acids is 1. The first kappa shape index (κ1) is 22.1. The van der Waals surface area contributed by atoms with Crippen LogP contribution in [0.3, 0.4) is 0 Å². The number of nitrogens with zero attached hydrogens (tertiary/aromatic N) is 2. The molecule has 0 bridgehead atoms. The molecular formula is C20H14F6N4O. The van der Waals surface area contributed by atoms with Crippen LogP contribution >= 0.6 is 0 Å². The van der Waals surface area contributed by atoms with Gasteiger partial charge in [-0.1, -0.05) is 12.1 Å². The number of benzene rings is 1. The first-order valence-corrected chi connectivity index (χ1v) is 8.68. The average molecular weight is 440 g/mol. The maximum atomic E-state index is 13.5. The third-order valence-electron chi connectivity index (χ3n) is 4.36. The molecule has 0 radical (unpaired) electrons. The van der Waals surface area contributed by atoms with Crippen LogP contribution in [-0.4, -0.2) is 15.9 Å². The summed E-state index contributed by atoms with van der Waals surface area (Å²) in [6.45, 7) is 0. The van der Waals surface area contributed by atoms with Crippen molar-refractivity contribution >= 4 is 11.6 Å². The van der Waals surface area contributed by atoms with Crippen molar-refractivity contribution in [1.29, 1.82) is 0 Å². The maximum Gasteiger partial charge on any atom is 0.418 e. The highest BCUT2D eigenvalue weighted by Gasteiger charge is 2.37. The second-order valence-electron chi connectivity index (χ2n) is 6.42. The number of nitrogens with two attached hydrogens (primary N) is 1. The van der Waals surface area contributed by atoms with Crippen molar-refractivity contribution in [2.24, 2.45) is 0 Å². The van der Waals surface area contributed by atoms with E-state index in [1.807, 2.05) is 0 Å². The summed E-state index contributed by atoms with van der Waals surface area (Å²) < 4.78 is 79.3. The van der Waals surface area contributed by atoms with Gasteiger partial charge in [-0.15, -0.1) is 0 Å². The Balaban J connectivity index is 2.09. The molecule has 1 aromatic carbocycles. The molecule has 3 aromatic rings. The van der Waals surface area contributed by atoms with Gasteiger partial charge in [0.1, 0.15) is 0 Å². The fraction of sp³-hybridized carbons (Fsp3) is 0.150. The molecular weight excluding hydrogens is 426 g/mol. The Hall–Kier alpha value is -3.63. The summed E-state index contributed by atoms with van der Waals surface area (Å²) in [5, 5.41) is 2.39.